The van der Waals surface area contributed by atoms with Crippen molar-refractivity contribution in [1.29, 1.82) is 0 Å². The van der Waals surface area contributed by atoms with Gasteiger partial charge in [0.15, 0.2) is 4.77 Å². The first-order valence-electron chi connectivity index (χ1n) is 7.03. The first-order valence-corrected chi connectivity index (χ1v) is 8.24. The van der Waals surface area contributed by atoms with E-state index in [0.717, 1.165) is 21.3 Å². The van der Waals surface area contributed by atoms with Crippen LogP contribution in [-0.2, 0) is 6.54 Å². The van der Waals surface area contributed by atoms with Gasteiger partial charge in [-0.3, -0.25) is 0 Å². The second-order valence-electron chi connectivity index (χ2n) is 6.29. The topological polar surface area (TPSA) is 24.0 Å². The highest BCUT2D eigenvalue weighted by Gasteiger charge is 2.29. The fourth-order valence-electron chi connectivity index (χ4n) is 2.99. The molecule has 0 bridgehead atoms. The van der Waals surface area contributed by atoms with E-state index >= 15 is 0 Å². The maximum absolute atomic E-state index is 5.52. The Morgan fingerprint density at radius 2 is 2.05 bits per heavy atom. The minimum Gasteiger partial charge on any atom is -0.331 e. The number of nitrogens with one attached hydrogen (secondary N) is 1. The molecule has 20 heavy (non-hydrogen) atoms. The Balaban J connectivity index is 1.95. The van der Waals surface area contributed by atoms with Crippen LogP contribution in [0.15, 0.2) is 22.7 Å². The van der Waals surface area contributed by atoms with Gasteiger partial charge in [-0.1, -0.05) is 22.9 Å². The number of benzene rings is 1. The number of fused-ring (bicyclic) bond motifs is 1. The Morgan fingerprint density at radius 1 is 1.35 bits per heavy atom. The zero-order valence-electron chi connectivity index (χ0n) is 11.9. The molecule has 1 aliphatic rings. The molecular weight excluding hydrogens is 334 g/mol. The lowest BCUT2D eigenvalue weighted by Gasteiger charge is -2.38. The number of aromatic nitrogens is 2. The van der Waals surface area contributed by atoms with E-state index in [4.69, 9.17) is 12.2 Å². The molecule has 1 aliphatic heterocycles. The molecule has 0 radical (unpaired) electrons. The van der Waals surface area contributed by atoms with E-state index in [1.54, 1.807) is 0 Å². The van der Waals surface area contributed by atoms with Gasteiger partial charge in [0.1, 0.15) is 0 Å². The van der Waals surface area contributed by atoms with Crippen molar-refractivity contribution in [3.05, 3.63) is 27.4 Å². The standard InChI is InChI=1S/C15H20BrN3S/c1-15(5-7-18(2)8-6-15)10-19-13-4-3-11(16)9-12(13)17-14(19)20/h3-4,9H,5-8,10H2,1-2H3,(H,17,20). The van der Waals surface area contributed by atoms with Gasteiger partial charge in [-0.05, 0) is 68.8 Å². The number of aromatic amines is 1. The van der Waals surface area contributed by atoms with Crippen molar-refractivity contribution >= 4 is 39.2 Å². The van der Waals surface area contributed by atoms with Crippen molar-refractivity contribution < 1.29 is 0 Å². The molecule has 1 saturated heterocycles. The molecule has 0 aliphatic carbocycles. The summed E-state index contributed by atoms with van der Waals surface area (Å²) in [5, 5.41) is 0. The second kappa shape index (κ2) is 5.28. The zero-order valence-corrected chi connectivity index (χ0v) is 14.4. The summed E-state index contributed by atoms with van der Waals surface area (Å²) in [5.74, 6) is 0. The van der Waals surface area contributed by atoms with Crippen LogP contribution in [0, 0.1) is 10.2 Å². The molecule has 3 nitrogen and oxygen atoms in total. The normalized spacial score (nSPS) is 19.6. The Hall–Kier alpha value is -0.650. The van der Waals surface area contributed by atoms with Gasteiger partial charge in [0.2, 0.25) is 0 Å². The smallest absolute Gasteiger partial charge is 0.178 e. The average Bonchev–Trinajstić information content (AvgIpc) is 2.69. The van der Waals surface area contributed by atoms with Gasteiger partial charge in [-0.25, -0.2) is 0 Å². The monoisotopic (exact) mass is 353 g/mol. The van der Waals surface area contributed by atoms with Crippen LogP contribution in [0.3, 0.4) is 0 Å². The Bertz CT molecular complexity index is 680. The summed E-state index contributed by atoms with van der Waals surface area (Å²) in [6, 6.07) is 6.32. The van der Waals surface area contributed by atoms with Gasteiger partial charge >= 0.3 is 0 Å². The van der Waals surface area contributed by atoms with Crippen LogP contribution in [0.4, 0.5) is 0 Å². The molecule has 108 valence electrons. The summed E-state index contributed by atoms with van der Waals surface area (Å²) in [6.45, 7) is 5.75. The molecule has 1 N–H and O–H groups in total. The number of piperidine rings is 1. The molecule has 1 aromatic carbocycles. The minimum absolute atomic E-state index is 0.340. The van der Waals surface area contributed by atoms with Crippen LogP contribution in [0.5, 0.6) is 0 Å². The number of H-pyrrole nitrogens is 1. The van der Waals surface area contributed by atoms with E-state index in [2.05, 4.69) is 62.6 Å². The quantitative estimate of drug-likeness (QED) is 0.818. The fourth-order valence-corrected chi connectivity index (χ4v) is 3.62. The Labute approximate surface area is 133 Å². The third-order valence-corrected chi connectivity index (χ3v) is 5.29. The first kappa shape index (κ1) is 14.3. The lowest BCUT2D eigenvalue weighted by molar-refractivity contribution is 0.121. The largest absolute Gasteiger partial charge is 0.331 e. The molecule has 5 heteroatoms. The number of imidazole rings is 1. The molecule has 3 rings (SSSR count). The van der Waals surface area contributed by atoms with E-state index in [0.29, 0.717) is 5.41 Å². The minimum atomic E-state index is 0.340. The third-order valence-electron chi connectivity index (χ3n) is 4.47. The van der Waals surface area contributed by atoms with Gasteiger partial charge < -0.3 is 14.5 Å². The van der Waals surface area contributed by atoms with Crippen molar-refractivity contribution in [2.75, 3.05) is 20.1 Å². The highest BCUT2D eigenvalue weighted by atomic mass is 79.9. The first-order chi connectivity index (χ1) is 9.47. The number of nitrogens with zero attached hydrogens (tertiary/aromatic N) is 2. The van der Waals surface area contributed by atoms with Crippen LogP contribution in [0.1, 0.15) is 19.8 Å². The van der Waals surface area contributed by atoms with E-state index in [-0.39, 0.29) is 0 Å². The van der Waals surface area contributed by atoms with Gasteiger partial charge in [-0.2, -0.15) is 0 Å². The van der Waals surface area contributed by atoms with Crippen LogP contribution in [-0.4, -0.2) is 34.6 Å². The molecule has 1 aromatic heterocycles. The molecule has 0 amide bonds. The average molecular weight is 354 g/mol. The summed E-state index contributed by atoms with van der Waals surface area (Å²) in [5.41, 5.74) is 2.66. The summed E-state index contributed by atoms with van der Waals surface area (Å²) >= 11 is 9.03. The van der Waals surface area contributed by atoms with Crippen molar-refractivity contribution in [3.63, 3.8) is 0 Å². The van der Waals surface area contributed by atoms with Gasteiger partial charge in [0, 0.05) is 11.0 Å². The molecule has 0 atom stereocenters. The summed E-state index contributed by atoms with van der Waals surface area (Å²) in [6.07, 6.45) is 2.46. The van der Waals surface area contributed by atoms with Crippen molar-refractivity contribution in [2.45, 2.75) is 26.3 Å². The molecule has 0 unspecified atom stereocenters. The third kappa shape index (κ3) is 2.71. The van der Waals surface area contributed by atoms with Crippen molar-refractivity contribution in [2.24, 2.45) is 5.41 Å². The summed E-state index contributed by atoms with van der Waals surface area (Å²) in [7, 11) is 2.20. The van der Waals surface area contributed by atoms with Gasteiger partial charge in [-0.15, -0.1) is 0 Å². The maximum Gasteiger partial charge on any atom is 0.178 e. The van der Waals surface area contributed by atoms with Crippen LogP contribution >= 0.6 is 28.1 Å². The maximum atomic E-state index is 5.52. The van der Waals surface area contributed by atoms with Crippen LogP contribution in [0.25, 0.3) is 11.0 Å². The summed E-state index contributed by atoms with van der Waals surface area (Å²) in [4.78, 5) is 5.73. The number of rotatable bonds is 2. The van der Waals surface area contributed by atoms with Crippen LogP contribution < -0.4 is 0 Å². The predicted octanol–water partition coefficient (Wildman–Crippen LogP) is 4.19. The summed E-state index contributed by atoms with van der Waals surface area (Å²) < 4.78 is 4.18. The SMILES string of the molecule is CN1CCC(C)(Cn2c(=S)[nH]c3cc(Br)ccc32)CC1. The molecule has 2 heterocycles. The fraction of sp³-hybridized carbons (Fsp3) is 0.533. The van der Waals surface area contributed by atoms with E-state index < -0.39 is 0 Å². The van der Waals surface area contributed by atoms with Gasteiger partial charge in [0.25, 0.3) is 0 Å². The number of likely N-dealkylation sites (tertiary alicyclic amines) is 1. The number of hydrogen-bond acceptors (Lipinski definition) is 2. The Morgan fingerprint density at radius 3 is 2.75 bits per heavy atom. The van der Waals surface area contributed by atoms with E-state index in [1.807, 2.05) is 0 Å². The second-order valence-corrected chi connectivity index (χ2v) is 7.59. The number of halogens is 1. The van der Waals surface area contributed by atoms with E-state index in [9.17, 15) is 0 Å². The molecule has 0 spiro atoms. The molecule has 1 fully saturated rings. The predicted molar refractivity (Wildman–Crippen MR) is 89.7 cm³/mol. The zero-order chi connectivity index (χ0) is 14.3. The molecule has 0 saturated carbocycles. The highest BCUT2D eigenvalue weighted by molar-refractivity contribution is 9.10. The Kier molecular flexibility index (Phi) is 3.77. The lowest BCUT2D eigenvalue weighted by Crippen LogP contribution is -2.38. The van der Waals surface area contributed by atoms with E-state index in [1.165, 1.54) is 31.4 Å². The highest BCUT2D eigenvalue weighted by Crippen LogP contribution is 2.33. The van der Waals surface area contributed by atoms with Crippen molar-refractivity contribution in [3.8, 4) is 0 Å². The molecular formula is C15H20BrN3S. The lowest BCUT2D eigenvalue weighted by atomic mass is 9.80. The van der Waals surface area contributed by atoms with Crippen LogP contribution in [0.2, 0.25) is 0 Å². The van der Waals surface area contributed by atoms with Crippen molar-refractivity contribution in [1.82, 2.24) is 14.5 Å². The number of hydrogen-bond donors (Lipinski definition) is 1. The molecule has 2 aromatic rings. The van der Waals surface area contributed by atoms with Gasteiger partial charge in [0.05, 0.1) is 11.0 Å².